The van der Waals surface area contributed by atoms with Gasteiger partial charge in [0.25, 0.3) is 0 Å². The first-order valence-electron chi connectivity index (χ1n) is 4.59. The molecule has 0 fully saturated rings. The minimum absolute atomic E-state index is 0.245. The van der Waals surface area contributed by atoms with Crippen LogP contribution in [-0.4, -0.2) is 18.9 Å². The fourth-order valence-electron chi connectivity index (χ4n) is 1.23. The summed E-state index contributed by atoms with van der Waals surface area (Å²) in [6.45, 7) is 8.26. The van der Waals surface area contributed by atoms with E-state index in [9.17, 15) is 9.59 Å². The van der Waals surface area contributed by atoms with Gasteiger partial charge in [-0.2, -0.15) is 0 Å². The molecule has 0 atom stereocenters. The minimum Gasteiger partial charge on any atom is -0.355 e. The van der Waals surface area contributed by atoms with Gasteiger partial charge in [-0.3, -0.25) is 9.59 Å². The molecule has 0 aliphatic heterocycles. The SMILES string of the molecule is [C-]#[N+]c1cc(NC(C)=O)cc(C(=O)NC)c1. The number of rotatable bonds is 2. The molecule has 2 N–H and O–H groups in total. The molecular weight excluding hydrogens is 206 g/mol. The number of hydrogen-bond acceptors (Lipinski definition) is 2. The van der Waals surface area contributed by atoms with Crippen molar-refractivity contribution in [3.8, 4) is 0 Å². The first kappa shape index (κ1) is 11.7. The van der Waals surface area contributed by atoms with E-state index < -0.39 is 0 Å². The van der Waals surface area contributed by atoms with Crippen molar-refractivity contribution >= 4 is 23.2 Å². The predicted octanol–water partition coefficient (Wildman–Crippen LogP) is 1.56. The highest BCUT2D eigenvalue weighted by Crippen LogP contribution is 2.21. The van der Waals surface area contributed by atoms with Gasteiger partial charge in [-0.15, -0.1) is 0 Å². The van der Waals surface area contributed by atoms with E-state index in [0.717, 1.165) is 0 Å². The van der Waals surface area contributed by atoms with Crippen molar-refractivity contribution in [1.29, 1.82) is 0 Å². The second kappa shape index (κ2) is 4.94. The first-order valence-corrected chi connectivity index (χ1v) is 4.59. The second-order valence-electron chi connectivity index (χ2n) is 3.14. The van der Waals surface area contributed by atoms with Gasteiger partial charge in [0.2, 0.25) is 11.8 Å². The van der Waals surface area contributed by atoms with Gasteiger partial charge >= 0.3 is 0 Å². The summed E-state index contributed by atoms with van der Waals surface area (Å²) < 4.78 is 0. The molecule has 0 aliphatic carbocycles. The topological polar surface area (TPSA) is 62.6 Å². The summed E-state index contributed by atoms with van der Waals surface area (Å²) in [5.41, 5.74) is 1.10. The van der Waals surface area contributed by atoms with Gasteiger partial charge in [0.1, 0.15) is 0 Å². The van der Waals surface area contributed by atoms with Crippen LogP contribution in [0.5, 0.6) is 0 Å². The van der Waals surface area contributed by atoms with Gasteiger partial charge in [0.15, 0.2) is 5.69 Å². The van der Waals surface area contributed by atoms with Crippen molar-refractivity contribution < 1.29 is 9.59 Å². The molecule has 0 bridgehead atoms. The fourth-order valence-corrected chi connectivity index (χ4v) is 1.23. The van der Waals surface area contributed by atoms with Crippen LogP contribution in [0.25, 0.3) is 4.85 Å². The average Bonchev–Trinajstić information content (AvgIpc) is 2.26. The summed E-state index contributed by atoms with van der Waals surface area (Å²) in [4.78, 5) is 25.5. The zero-order chi connectivity index (χ0) is 12.1. The molecule has 82 valence electrons. The number of benzene rings is 1. The lowest BCUT2D eigenvalue weighted by molar-refractivity contribution is -0.114. The zero-order valence-corrected chi connectivity index (χ0v) is 9.00. The van der Waals surface area contributed by atoms with Gasteiger partial charge in [0, 0.05) is 25.2 Å². The Hall–Kier alpha value is -2.35. The molecule has 0 spiro atoms. The lowest BCUT2D eigenvalue weighted by Crippen LogP contribution is -2.18. The van der Waals surface area contributed by atoms with Crippen LogP contribution in [0.3, 0.4) is 0 Å². The maximum atomic E-state index is 11.4. The Labute approximate surface area is 93.3 Å². The zero-order valence-electron chi connectivity index (χ0n) is 9.00. The number of nitrogens with one attached hydrogen (secondary N) is 2. The highest BCUT2D eigenvalue weighted by molar-refractivity contribution is 5.98. The molecule has 0 heterocycles. The molecule has 0 aromatic heterocycles. The molecule has 1 rings (SSSR count). The summed E-state index contributed by atoms with van der Waals surface area (Å²) in [5.74, 6) is -0.540. The van der Waals surface area contributed by atoms with Gasteiger partial charge in [-0.05, 0) is 18.2 Å². The maximum Gasteiger partial charge on any atom is 0.249 e. The van der Waals surface area contributed by atoms with Crippen LogP contribution < -0.4 is 10.6 Å². The molecule has 0 unspecified atom stereocenters. The van der Waals surface area contributed by atoms with E-state index in [-0.39, 0.29) is 11.8 Å². The van der Waals surface area contributed by atoms with Crippen LogP contribution in [0, 0.1) is 6.57 Å². The van der Waals surface area contributed by atoms with Crippen LogP contribution in [0.4, 0.5) is 11.4 Å². The minimum atomic E-state index is -0.294. The highest BCUT2D eigenvalue weighted by Gasteiger charge is 2.07. The largest absolute Gasteiger partial charge is 0.355 e. The van der Waals surface area contributed by atoms with Gasteiger partial charge < -0.3 is 10.6 Å². The Bertz CT molecular complexity index is 475. The maximum absolute atomic E-state index is 11.4. The Morgan fingerprint density at radius 1 is 1.31 bits per heavy atom. The third-order valence-corrected chi connectivity index (χ3v) is 1.86. The van der Waals surface area contributed by atoms with Crippen molar-refractivity contribution in [3.05, 3.63) is 35.2 Å². The van der Waals surface area contributed by atoms with Crippen molar-refractivity contribution in [3.63, 3.8) is 0 Å². The Morgan fingerprint density at radius 2 is 2.00 bits per heavy atom. The van der Waals surface area contributed by atoms with E-state index in [2.05, 4.69) is 15.5 Å². The van der Waals surface area contributed by atoms with Crippen LogP contribution in [0.1, 0.15) is 17.3 Å². The van der Waals surface area contributed by atoms with Crippen LogP contribution in [-0.2, 0) is 4.79 Å². The molecule has 0 aliphatic rings. The molecule has 5 heteroatoms. The highest BCUT2D eigenvalue weighted by atomic mass is 16.2. The summed E-state index contributed by atoms with van der Waals surface area (Å²) in [5, 5.41) is 5.00. The summed E-state index contributed by atoms with van der Waals surface area (Å²) in [6, 6.07) is 4.51. The third-order valence-electron chi connectivity index (χ3n) is 1.86. The molecule has 1 aromatic rings. The predicted molar refractivity (Wildman–Crippen MR) is 60.4 cm³/mol. The van der Waals surface area contributed by atoms with Crippen LogP contribution in [0.2, 0.25) is 0 Å². The van der Waals surface area contributed by atoms with Gasteiger partial charge in [-0.1, -0.05) is 0 Å². The van der Waals surface area contributed by atoms with E-state index in [1.54, 1.807) is 0 Å². The Balaban J connectivity index is 3.16. The van der Waals surface area contributed by atoms with Crippen molar-refractivity contribution in [2.75, 3.05) is 12.4 Å². The van der Waals surface area contributed by atoms with Crippen molar-refractivity contribution in [1.82, 2.24) is 5.32 Å². The molecular formula is C11H11N3O2. The van der Waals surface area contributed by atoms with Gasteiger partial charge in [-0.25, -0.2) is 4.85 Å². The number of amides is 2. The Kier molecular flexibility index (Phi) is 3.62. The standard InChI is InChI=1S/C11H11N3O2/c1-7(15)14-10-5-8(11(16)13-3)4-9(6-10)12-2/h4-6H,1,3H3,(H,13,16)(H,14,15). The Morgan fingerprint density at radius 3 is 2.50 bits per heavy atom. The van der Waals surface area contributed by atoms with Crippen LogP contribution >= 0.6 is 0 Å². The quantitative estimate of drug-likeness (QED) is 0.738. The summed E-state index contributed by atoms with van der Waals surface area (Å²) in [6.07, 6.45) is 0. The lowest BCUT2D eigenvalue weighted by atomic mass is 10.1. The van der Waals surface area contributed by atoms with Crippen molar-refractivity contribution in [2.45, 2.75) is 6.92 Å². The summed E-state index contributed by atoms with van der Waals surface area (Å²) >= 11 is 0. The fraction of sp³-hybridized carbons (Fsp3) is 0.182. The van der Waals surface area contributed by atoms with E-state index in [0.29, 0.717) is 16.9 Å². The average molecular weight is 217 g/mol. The molecule has 0 saturated heterocycles. The first-order chi connectivity index (χ1) is 7.56. The molecule has 5 nitrogen and oxygen atoms in total. The molecule has 2 amide bonds. The number of carbonyl (C=O) groups is 2. The molecule has 0 radical (unpaired) electrons. The number of carbonyl (C=O) groups excluding carboxylic acids is 2. The summed E-state index contributed by atoms with van der Waals surface area (Å²) in [7, 11) is 1.50. The van der Waals surface area contributed by atoms with E-state index >= 15 is 0 Å². The number of hydrogen-bond donors (Lipinski definition) is 2. The lowest BCUT2D eigenvalue weighted by Gasteiger charge is -2.06. The van der Waals surface area contributed by atoms with E-state index in [1.807, 2.05) is 0 Å². The van der Waals surface area contributed by atoms with E-state index in [1.165, 1.54) is 32.2 Å². The molecule has 1 aromatic carbocycles. The second-order valence-corrected chi connectivity index (χ2v) is 3.14. The van der Waals surface area contributed by atoms with Crippen molar-refractivity contribution in [2.24, 2.45) is 0 Å². The van der Waals surface area contributed by atoms with Crippen LogP contribution in [0.15, 0.2) is 18.2 Å². The normalized spacial score (nSPS) is 9.06. The third kappa shape index (κ3) is 2.82. The number of nitrogens with zero attached hydrogens (tertiary/aromatic N) is 1. The number of anilines is 1. The monoisotopic (exact) mass is 217 g/mol. The molecule has 16 heavy (non-hydrogen) atoms. The smallest absolute Gasteiger partial charge is 0.249 e. The van der Waals surface area contributed by atoms with E-state index in [4.69, 9.17) is 6.57 Å². The van der Waals surface area contributed by atoms with Gasteiger partial charge in [0.05, 0.1) is 6.57 Å². The molecule has 0 saturated carbocycles.